The number of anilines is 1. The fourth-order valence-electron chi connectivity index (χ4n) is 3.32. The quantitative estimate of drug-likeness (QED) is 0.853. The molecule has 0 saturated heterocycles. The van der Waals surface area contributed by atoms with E-state index in [-0.39, 0.29) is 5.41 Å². The van der Waals surface area contributed by atoms with Crippen LogP contribution in [-0.2, 0) is 11.8 Å². The number of hydrogen-bond acceptors (Lipinski definition) is 2. The van der Waals surface area contributed by atoms with Crippen LogP contribution in [0.15, 0.2) is 0 Å². The van der Waals surface area contributed by atoms with Crippen LogP contribution in [0.4, 0.5) is 5.82 Å². The summed E-state index contributed by atoms with van der Waals surface area (Å²) in [6, 6.07) is 0.483. The zero-order valence-corrected chi connectivity index (χ0v) is 11.2. The molecule has 1 fully saturated rings. The van der Waals surface area contributed by atoms with Crippen LogP contribution in [0.25, 0.3) is 0 Å². The van der Waals surface area contributed by atoms with Gasteiger partial charge in [0.2, 0.25) is 0 Å². The van der Waals surface area contributed by atoms with Crippen LogP contribution < -0.4 is 5.73 Å². The molecule has 1 aromatic rings. The molecule has 2 N–H and O–H groups in total. The van der Waals surface area contributed by atoms with Gasteiger partial charge in [-0.15, -0.1) is 0 Å². The molecule has 1 aromatic heterocycles. The van der Waals surface area contributed by atoms with Gasteiger partial charge in [0, 0.05) is 5.56 Å². The molecule has 1 saturated carbocycles. The van der Waals surface area contributed by atoms with Crippen molar-refractivity contribution in [3.63, 3.8) is 0 Å². The van der Waals surface area contributed by atoms with Crippen molar-refractivity contribution in [2.45, 2.75) is 64.3 Å². The average Bonchev–Trinajstić information content (AvgIpc) is 3.02. The Labute approximate surface area is 103 Å². The molecule has 3 nitrogen and oxygen atoms in total. The van der Waals surface area contributed by atoms with Crippen LogP contribution >= 0.6 is 0 Å². The lowest BCUT2D eigenvalue weighted by Gasteiger charge is -2.29. The summed E-state index contributed by atoms with van der Waals surface area (Å²) in [5, 5.41) is 4.80. The van der Waals surface area contributed by atoms with E-state index in [9.17, 15) is 0 Å². The van der Waals surface area contributed by atoms with Gasteiger partial charge in [-0.05, 0) is 50.4 Å². The Kier molecular flexibility index (Phi) is 2.29. The summed E-state index contributed by atoms with van der Waals surface area (Å²) in [6.45, 7) is 6.86. The van der Waals surface area contributed by atoms with Gasteiger partial charge in [-0.1, -0.05) is 13.8 Å². The zero-order valence-electron chi connectivity index (χ0n) is 11.2. The average molecular weight is 233 g/mol. The van der Waals surface area contributed by atoms with Gasteiger partial charge in [0.25, 0.3) is 0 Å². The second kappa shape index (κ2) is 3.50. The summed E-state index contributed by atoms with van der Waals surface area (Å²) < 4.78 is 2.11. The number of hydrogen-bond donors (Lipinski definition) is 1. The van der Waals surface area contributed by atoms with Gasteiger partial charge >= 0.3 is 0 Å². The third-order valence-corrected chi connectivity index (χ3v) is 4.60. The van der Waals surface area contributed by atoms with Crippen molar-refractivity contribution in [1.29, 1.82) is 0 Å². The molecule has 3 heteroatoms. The maximum absolute atomic E-state index is 6.37. The molecule has 3 rings (SSSR count). The van der Waals surface area contributed by atoms with Crippen LogP contribution in [0, 0.1) is 5.92 Å². The molecule has 0 aliphatic heterocycles. The fourth-order valence-corrected chi connectivity index (χ4v) is 3.32. The van der Waals surface area contributed by atoms with Crippen LogP contribution in [-0.4, -0.2) is 9.78 Å². The Hall–Kier alpha value is -0.990. The molecule has 94 valence electrons. The van der Waals surface area contributed by atoms with Gasteiger partial charge in [-0.2, -0.15) is 5.10 Å². The van der Waals surface area contributed by atoms with E-state index in [1.165, 1.54) is 36.9 Å². The first-order chi connectivity index (χ1) is 8.00. The van der Waals surface area contributed by atoms with Gasteiger partial charge in [0.1, 0.15) is 5.82 Å². The minimum absolute atomic E-state index is 0.208. The molecular formula is C14H23N3. The highest BCUT2D eigenvalue weighted by Gasteiger charge is 2.37. The summed E-state index contributed by atoms with van der Waals surface area (Å²) in [4.78, 5) is 0. The van der Waals surface area contributed by atoms with Crippen molar-refractivity contribution >= 4 is 5.82 Å². The van der Waals surface area contributed by atoms with Gasteiger partial charge in [0.15, 0.2) is 0 Å². The Morgan fingerprint density at radius 1 is 1.41 bits per heavy atom. The van der Waals surface area contributed by atoms with Crippen molar-refractivity contribution in [3.8, 4) is 0 Å². The van der Waals surface area contributed by atoms with E-state index in [1.54, 1.807) is 0 Å². The molecule has 1 heterocycles. The first kappa shape index (κ1) is 11.1. The smallest absolute Gasteiger partial charge is 0.126 e. The highest BCUT2D eigenvalue weighted by Crippen LogP contribution is 2.44. The molecule has 0 amide bonds. The molecule has 0 bridgehead atoms. The molecule has 2 aliphatic carbocycles. The van der Waals surface area contributed by atoms with Crippen molar-refractivity contribution in [2.75, 3.05) is 5.73 Å². The van der Waals surface area contributed by atoms with E-state index in [1.807, 2.05) is 0 Å². The van der Waals surface area contributed by atoms with Crippen LogP contribution in [0.2, 0.25) is 0 Å². The Morgan fingerprint density at radius 2 is 2.12 bits per heavy atom. The van der Waals surface area contributed by atoms with Crippen LogP contribution in [0.5, 0.6) is 0 Å². The molecule has 0 radical (unpaired) electrons. The molecular weight excluding hydrogens is 210 g/mol. The lowest BCUT2D eigenvalue weighted by Crippen LogP contribution is -2.24. The van der Waals surface area contributed by atoms with E-state index in [2.05, 4.69) is 25.5 Å². The number of nitrogen functional groups attached to an aromatic ring is 1. The lowest BCUT2D eigenvalue weighted by molar-refractivity contribution is 0.430. The molecule has 1 unspecified atom stereocenters. The van der Waals surface area contributed by atoms with Gasteiger partial charge in [-0.25, -0.2) is 4.68 Å². The monoisotopic (exact) mass is 233 g/mol. The first-order valence-electron chi connectivity index (χ1n) is 6.88. The maximum Gasteiger partial charge on any atom is 0.126 e. The maximum atomic E-state index is 6.37. The summed E-state index contributed by atoms with van der Waals surface area (Å²) in [6.07, 6.45) is 6.26. The second-order valence-corrected chi connectivity index (χ2v) is 6.47. The van der Waals surface area contributed by atoms with Gasteiger partial charge in [0.05, 0.1) is 11.7 Å². The van der Waals surface area contributed by atoms with Crippen molar-refractivity contribution in [1.82, 2.24) is 9.78 Å². The topological polar surface area (TPSA) is 43.8 Å². The molecule has 0 spiro atoms. The van der Waals surface area contributed by atoms with E-state index >= 15 is 0 Å². The summed E-state index contributed by atoms with van der Waals surface area (Å²) in [5.74, 6) is 1.74. The SMILES string of the molecule is CC(C1CC1)n1nc2c(c1N)C(C)(C)CCC2. The molecule has 0 aromatic carbocycles. The summed E-state index contributed by atoms with van der Waals surface area (Å²) in [5.41, 5.74) is 9.16. The number of nitrogens with two attached hydrogens (primary N) is 1. The molecule has 1 atom stereocenters. The minimum Gasteiger partial charge on any atom is -0.384 e. The predicted molar refractivity (Wildman–Crippen MR) is 70.0 cm³/mol. The highest BCUT2D eigenvalue weighted by molar-refractivity contribution is 5.50. The Morgan fingerprint density at radius 3 is 2.71 bits per heavy atom. The number of nitrogens with zero attached hydrogens (tertiary/aromatic N) is 2. The van der Waals surface area contributed by atoms with Crippen molar-refractivity contribution in [2.24, 2.45) is 5.92 Å². The molecule has 2 aliphatic rings. The van der Waals surface area contributed by atoms with E-state index < -0.39 is 0 Å². The Balaban J connectivity index is 2.05. The number of aryl methyl sites for hydroxylation is 1. The van der Waals surface area contributed by atoms with Crippen molar-refractivity contribution < 1.29 is 0 Å². The predicted octanol–water partition coefficient (Wildman–Crippen LogP) is 3.05. The lowest BCUT2D eigenvalue weighted by atomic mass is 9.75. The second-order valence-electron chi connectivity index (χ2n) is 6.47. The number of aromatic nitrogens is 2. The third kappa shape index (κ3) is 1.67. The van der Waals surface area contributed by atoms with Crippen LogP contribution in [0.3, 0.4) is 0 Å². The first-order valence-corrected chi connectivity index (χ1v) is 6.88. The number of rotatable bonds is 2. The van der Waals surface area contributed by atoms with Crippen LogP contribution in [0.1, 0.15) is 63.8 Å². The molecule has 17 heavy (non-hydrogen) atoms. The van der Waals surface area contributed by atoms with Crippen molar-refractivity contribution in [3.05, 3.63) is 11.3 Å². The fraction of sp³-hybridized carbons (Fsp3) is 0.786. The van der Waals surface area contributed by atoms with E-state index in [0.29, 0.717) is 6.04 Å². The van der Waals surface area contributed by atoms with E-state index in [4.69, 9.17) is 10.8 Å². The van der Waals surface area contributed by atoms with Gasteiger partial charge < -0.3 is 5.73 Å². The normalized spacial score (nSPS) is 24.4. The van der Waals surface area contributed by atoms with Gasteiger partial charge in [-0.3, -0.25) is 0 Å². The largest absolute Gasteiger partial charge is 0.384 e. The summed E-state index contributed by atoms with van der Waals surface area (Å²) in [7, 11) is 0. The third-order valence-electron chi connectivity index (χ3n) is 4.60. The standard InChI is InChI=1S/C14H23N3/c1-9(10-6-7-10)17-13(15)12-11(16-17)5-4-8-14(12,2)3/h9-10H,4-8,15H2,1-3H3. The summed E-state index contributed by atoms with van der Waals surface area (Å²) >= 11 is 0. The highest BCUT2D eigenvalue weighted by atomic mass is 15.3. The number of fused-ring (bicyclic) bond motifs is 1. The van der Waals surface area contributed by atoms with E-state index in [0.717, 1.165) is 18.2 Å². The Bertz CT molecular complexity index is 441. The minimum atomic E-state index is 0.208. The zero-order chi connectivity index (χ0) is 12.2.